The van der Waals surface area contributed by atoms with Crippen molar-refractivity contribution in [1.82, 2.24) is 9.62 Å². The molecule has 1 atom stereocenters. The molecule has 1 aromatic carbocycles. The van der Waals surface area contributed by atoms with Crippen molar-refractivity contribution in [3.63, 3.8) is 0 Å². The Balaban J connectivity index is 2.15. The lowest BCUT2D eigenvalue weighted by Gasteiger charge is -2.25. The fourth-order valence-corrected chi connectivity index (χ4v) is 5.75. The fraction of sp³-hybridized carbons (Fsp3) is 0.632. The summed E-state index contributed by atoms with van der Waals surface area (Å²) in [6, 6.07) is 3.13. The van der Waals surface area contributed by atoms with Crippen molar-refractivity contribution in [2.75, 3.05) is 26.8 Å². The van der Waals surface area contributed by atoms with E-state index in [0.717, 1.165) is 29.5 Å². The zero-order chi connectivity index (χ0) is 19.3. The first-order chi connectivity index (χ1) is 12.3. The quantitative estimate of drug-likeness (QED) is 0.700. The Morgan fingerprint density at radius 1 is 1.23 bits per heavy atom. The summed E-state index contributed by atoms with van der Waals surface area (Å²) in [5.41, 5.74) is 2.49. The fourth-order valence-electron chi connectivity index (χ4n) is 3.68. The molecule has 26 heavy (non-hydrogen) atoms. The number of nitrogens with one attached hydrogen (secondary N) is 1. The van der Waals surface area contributed by atoms with Crippen molar-refractivity contribution in [2.24, 2.45) is 0 Å². The van der Waals surface area contributed by atoms with Crippen LogP contribution in [-0.2, 0) is 19.6 Å². The molecule has 7 heteroatoms. The molecule has 0 radical (unpaired) electrons. The number of sulfonamides is 1. The summed E-state index contributed by atoms with van der Waals surface area (Å²) >= 11 is 0. The third-order valence-corrected chi connectivity index (χ3v) is 6.97. The Kier molecular flexibility index (Phi) is 7.20. The van der Waals surface area contributed by atoms with Crippen LogP contribution in [0.25, 0.3) is 0 Å². The zero-order valence-electron chi connectivity index (χ0n) is 16.2. The van der Waals surface area contributed by atoms with Crippen LogP contribution < -0.4 is 5.32 Å². The highest BCUT2D eigenvalue weighted by molar-refractivity contribution is 7.89. The van der Waals surface area contributed by atoms with Gasteiger partial charge in [-0.3, -0.25) is 4.79 Å². The van der Waals surface area contributed by atoms with Crippen molar-refractivity contribution >= 4 is 15.9 Å². The number of ether oxygens (including phenoxy) is 1. The SMILES string of the molecule is COCCCCNC(=O)C1CCCN1S(=O)(=O)c1c(C)cc(C)cc1C. The molecule has 1 heterocycles. The van der Waals surface area contributed by atoms with E-state index in [2.05, 4.69) is 5.32 Å². The second-order valence-corrected chi connectivity index (χ2v) is 8.82. The largest absolute Gasteiger partial charge is 0.385 e. The topological polar surface area (TPSA) is 75.7 Å². The highest BCUT2D eigenvalue weighted by atomic mass is 32.2. The summed E-state index contributed by atoms with van der Waals surface area (Å²) in [6.07, 6.45) is 2.94. The molecule has 0 bridgehead atoms. The number of aryl methyl sites for hydroxylation is 3. The maximum Gasteiger partial charge on any atom is 0.244 e. The minimum absolute atomic E-state index is 0.203. The second-order valence-electron chi connectivity index (χ2n) is 6.99. The number of hydrogen-bond donors (Lipinski definition) is 1. The Morgan fingerprint density at radius 2 is 1.88 bits per heavy atom. The van der Waals surface area contributed by atoms with Crippen molar-refractivity contribution < 1.29 is 17.9 Å². The molecule has 0 aliphatic carbocycles. The van der Waals surface area contributed by atoms with Crippen LogP contribution in [0.2, 0.25) is 0 Å². The number of benzene rings is 1. The minimum Gasteiger partial charge on any atom is -0.385 e. The van der Waals surface area contributed by atoms with E-state index in [1.807, 2.05) is 32.9 Å². The number of carbonyl (C=O) groups is 1. The molecule has 1 saturated heterocycles. The Morgan fingerprint density at radius 3 is 2.50 bits per heavy atom. The molecule has 0 spiro atoms. The molecular weight excluding hydrogens is 352 g/mol. The van der Waals surface area contributed by atoms with Gasteiger partial charge in [0.15, 0.2) is 0 Å². The van der Waals surface area contributed by atoms with Gasteiger partial charge in [0.25, 0.3) is 0 Å². The van der Waals surface area contributed by atoms with Gasteiger partial charge in [0.1, 0.15) is 6.04 Å². The molecule has 1 amide bonds. The Bertz CT molecular complexity index is 723. The van der Waals surface area contributed by atoms with Crippen molar-refractivity contribution in [3.05, 3.63) is 28.8 Å². The number of amides is 1. The molecule has 1 aliphatic heterocycles. The average molecular weight is 383 g/mol. The van der Waals surface area contributed by atoms with Gasteiger partial charge >= 0.3 is 0 Å². The lowest BCUT2D eigenvalue weighted by molar-refractivity contribution is -0.124. The molecule has 0 saturated carbocycles. The molecule has 0 aromatic heterocycles. The highest BCUT2D eigenvalue weighted by Gasteiger charge is 2.40. The molecule has 2 rings (SSSR count). The van der Waals surface area contributed by atoms with Crippen molar-refractivity contribution in [1.29, 1.82) is 0 Å². The number of nitrogens with zero attached hydrogens (tertiary/aromatic N) is 1. The summed E-state index contributed by atoms with van der Waals surface area (Å²) < 4.78 is 32.9. The van der Waals surface area contributed by atoms with Crippen molar-refractivity contribution in [3.8, 4) is 0 Å². The summed E-state index contributed by atoms with van der Waals surface area (Å²) in [4.78, 5) is 12.9. The van der Waals surface area contributed by atoms with Gasteiger partial charge in [-0.2, -0.15) is 4.31 Å². The van der Waals surface area contributed by atoms with Crippen LogP contribution in [0.15, 0.2) is 17.0 Å². The van der Waals surface area contributed by atoms with E-state index in [1.54, 1.807) is 7.11 Å². The van der Waals surface area contributed by atoms with Crippen LogP contribution in [0.5, 0.6) is 0 Å². The van der Waals surface area contributed by atoms with Gasteiger partial charge in [-0.1, -0.05) is 17.7 Å². The normalized spacial score (nSPS) is 18.2. The minimum atomic E-state index is -3.70. The predicted molar refractivity (Wildman–Crippen MR) is 102 cm³/mol. The molecule has 146 valence electrons. The van der Waals surface area contributed by atoms with E-state index in [1.165, 1.54) is 4.31 Å². The lowest BCUT2D eigenvalue weighted by atomic mass is 10.1. The van der Waals surface area contributed by atoms with Crippen LogP contribution in [-0.4, -0.2) is 51.5 Å². The van der Waals surface area contributed by atoms with Crippen molar-refractivity contribution in [2.45, 2.75) is 57.4 Å². The maximum atomic E-state index is 13.2. The first kappa shape index (κ1) is 20.9. The van der Waals surface area contributed by atoms with E-state index in [4.69, 9.17) is 4.74 Å². The summed E-state index contributed by atoms with van der Waals surface area (Å²) in [5, 5.41) is 2.87. The van der Waals surface area contributed by atoms with Gasteiger partial charge in [0.2, 0.25) is 15.9 Å². The molecule has 1 fully saturated rings. The first-order valence-corrected chi connectivity index (χ1v) is 10.6. The molecular formula is C19H30N2O4S. The van der Waals surface area contributed by atoms with Gasteiger partial charge in [0.05, 0.1) is 4.90 Å². The van der Waals surface area contributed by atoms with Crippen LogP contribution in [0.1, 0.15) is 42.4 Å². The van der Waals surface area contributed by atoms with Gasteiger partial charge in [0, 0.05) is 26.8 Å². The van der Waals surface area contributed by atoms with E-state index < -0.39 is 16.1 Å². The number of hydrogen-bond acceptors (Lipinski definition) is 4. The van der Waals surface area contributed by atoms with Crippen LogP contribution >= 0.6 is 0 Å². The molecule has 1 aromatic rings. The third kappa shape index (κ3) is 4.64. The zero-order valence-corrected chi connectivity index (χ0v) is 17.0. The number of methoxy groups -OCH3 is 1. The van der Waals surface area contributed by atoms with Gasteiger partial charge in [-0.25, -0.2) is 8.42 Å². The van der Waals surface area contributed by atoms with Gasteiger partial charge in [-0.15, -0.1) is 0 Å². The first-order valence-electron chi connectivity index (χ1n) is 9.15. The van der Waals surface area contributed by atoms with Crippen LogP contribution in [0.4, 0.5) is 0 Å². The van der Waals surface area contributed by atoms with Crippen LogP contribution in [0, 0.1) is 20.8 Å². The number of rotatable bonds is 8. The van der Waals surface area contributed by atoms with E-state index in [-0.39, 0.29) is 5.91 Å². The lowest BCUT2D eigenvalue weighted by Crippen LogP contribution is -2.46. The number of unbranched alkanes of at least 4 members (excludes halogenated alkanes) is 1. The molecule has 1 aliphatic rings. The predicted octanol–water partition coefficient (Wildman–Crippen LogP) is 2.31. The standard InChI is InChI=1S/C19H30N2O4S/c1-14-12-15(2)18(16(3)13-14)26(23,24)21-10-7-8-17(21)19(22)20-9-5-6-11-25-4/h12-13,17H,5-11H2,1-4H3,(H,20,22). The highest BCUT2D eigenvalue weighted by Crippen LogP contribution is 2.30. The smallest absolute Gasteiger partial charge is 0.244 e. The van der Waals surface area contributed by atoms with Crippen LogP contribution in [0.3, 0.4) is 0 Å². The van der Waals surface area contributed by atoms with Gasteiger partial charge in [-0.05, 0) is 57.6 Å². The molecule has 6 nitrogen and oxygen atoms in total. The summed E-state index contributed by atoms with van der Waals surface area (Å²) in [6.45, 7) is 7.16. The Hall–Kier alpha value is -1.44. The average Bonchev–Trinajstić information content (AvgIpc) is 3.03. The summed E-state index contributed by atoms with van der Waals surface area (Å²) in [5.74, 6) is -0.203. The maximum absolute atomic E-state index is 13.2. The number of carbonyl (C=O) groups excluding carboxylic acids is 1. The molecule has 1 unspecified atom stereocenters. The monoisotopic (exact) mass is 382 g/mol. The van der Waals surface area contributed by atoms with Gasteiger partial charge < -0.3 is 10.1 Å². The van der Waals surface area contributed by atoms with E-state index in [0.29, 0.717) is 37.4 Å². The van der Waals surface area contributed by atoms with E-state index >= 15 is 0 Å². The summed E-state index contributed by atoms with van der Waals surface area (Å²) in [7, 11) is -2.05. The molecule has 1 N–H and O–H groups in total. The van der Waals surface area contributed by atoms with E-state index in [9.17, 15) is 13.2 Å². The Labute approximate surface area is 157 Å². The third-order valence-electron chi connectivity index (χ3n) is 4.75. The second kappa shape index (κ2) is 8.97.